The highest BCUT2D eigenvalue weighted by Gasteiger charge is 2.20. The summed E-state index contributed by atoms with van der Waals surface area (Å²) in [5, 5.41) is 10.1. The van der Waals surface area contributed by atoms with Crippen LogP contribution in [0.2, 0.25) is 0 Å². The van der Waals surface area contributed by atoms with E-state index < -0.39 is 5.97 Å². The van der Waals surface area contributed by atoms with E-state index >= 15 is 0 Å². The number of carboxylic acids is 1. The molecule has 1 aromatic heterocycles. The molecule has 0 saturated carbocycles. The summed E-state index contributed by atoms with van der Waals surface area (Å²) in [7, 11) is 0. The molecule has 100 valence electrons. The molecule has 0 atom stereocenters. The zero-order valence-electron chi connectivity index (χ0n) is 10.5. The second-order valence-corrected chi connectivity index (χ2v) is 6.48. The monoisotopic (exact) mass is 286 g/mol. The van der Waals surface area contributed by atoms with Crippen molar-refractivity contribution in [1.29, 1.82) is 0 Å². The Hall–Kier alpha value is -0.750. The SMILES string of the molecule is CCCc1nc(N2CCCSCC2)sc1C(=O)O. The second kappa shape index (κ2) is 6.43. The smallest absolute Gasteiger partial charge is 0.347 e. The number of nitrogens with zero attached hydrogens (tertiary/aromatic N) is 2. The third kappa shape index (κ3) is 3.17. The normalized spacial score (nSPS) is 16.6. The molecule has 0 spiro atoms. The van der Waals surface area contributed by atoms with Crippen LogP contribution in [-0.4, -0.2) is 40.7 Å². The van der Waals surface area contributed by atoms with Gasteiger partial charge in [-0.05, 0) is 18.6 Å². The number of aromatic nitrogens is 1. The summed E-state index contributed by atoms with van der Waals surface area (Å²) in [6.07, 6.45) is 2.83. The Labute approximate surface area is 115 Å². The summed E-state index contributed by atoms with van der Waals surface area (Å²) in [5.41, 5.74) is 0.752. The number of carbonyl (C=O) groups is 1. The van der Waals surface area contributed by atoms with E-state index in [1.54, 1.807) is 0 Å². The van der Waals surface area contributed by atoms with Gasteiger partial charge >= 0.3 is 5.97 Å². The number of hydrogen-bond acceptors (Lipinski definition) is 5. The largest absolute Gasteiger partial charge is 0.477 e. The van der Waals surface area contributed by atoms with Crippen LogP contribution in [0.4, 0.5) is 5.13 Å². The highest BCUT2D eigenvalue weighted by molar-refractivity contribution is 7.99. The fourth-order valence-corrected chi connectivity index (χ4v) is 3.87. The van der Waals surface area contributed by atoms with Crippen LogP contribution in [0.5, 0.6) is 0 Å². The predicted octanol–water partition coefficient (Wildman–Crippen LogP) is 2.74. The number of hydrogen-bond donors (Lipinski definition) is 1. The molecule has 0 aliphatic carbocycles. The van der Waals surface area contributed by atoms with Crippen LogP contribution in [0.15, 0.2) is 0 Å². The fourth-order valence-electron chi connectivity index (χ4n) is 1.99. The summed E-state index contributed by atoms with van der Waals surface area (Å²) >= 11 is 3.29. The summed E-state index contributed by atoms with van der Waals surface area (Å²) in [6.45, 7) is 4.02. The molecular weight excluding hydrogens is 268 g/mol. The van der Waals surface area contributed by atoms with Crippen molar-refractivity contribution in [3.63, 3.8) is 0 Å². The van der Waals surface area contributed by atoms with Gasteiger partial charge < -0.3 is 10.0 Å². The Morgan fingerprint density at radius 3 is 3.00 bits per heavy atom. The van der Waals surface area contributed by atoms with Gasteiger partial charge in [-0.25, -0.2) is 9.78 Å². The lowest BCUT2D eigenvalue weighted by Crippen LogP contribution is -2.25. The minimum atomic E-state index is -0.841. The molecule has 1 saturated heterocycles. The Morgan fingerprint density at radius 2 is 2.28 bits per heavy atom. The number of anilines is 1. The van der Waals surface area contributed by atoms with E-state index in [1.807, 2.05) is 18.7 Å². The first-order valence-corrected chi connectivity index (χ1v) is 8.25. The van der Waals surface area contributed by atoms with Crippen molar-refractivity contribution < 1.29 is 9.90 Å². The fraction of sp³-hybridized carbons (Fsp3) is 0.667. The van der Waals surface area contributed by atoms with E-state index in [0.29, 0.717) is 4.88 Å². The average Bonchev–Trinajstić information content (AvgIpc) is 2.59. The van der Waals surface area contributed by atoms with Gasteiger partial charge in [0.25, 0.3) is 0 Å². The summed E-state index contributed by atoms with van der Waals surface area (Å²) < 4.78 is 0. The molecule has 0 unspecified atom stereocenters. The summed E-state index contributed by atoms with van der Waals surface area (Å²) in [5.74, 6) is 1.45. The van der Waals surface area contributed by atoms with Crippen LogP contribution in [-0.2, 0) is 6.42 Å². The number of aryl methyl sites for hydroxylation is 1. The van der Waals surface area contributed by atoms with Gasteiger partial charge in [0.2, 0.25) is 0 Å². The Morgan fingerprint density at radius 1 is 1.44 bits per heavy atom. The molecule has 0 radical (unpaired) electrons. The summed E-state index contributed by atoms with van der Waals surface area (Å²) in [6, 6.07) is 0. The van der Waals surface area contributed by atoms with Crippen molar-refractivity contribution in [3.05, 3.63) is 10.6 Å². The van der Waals surface area contributed by atoms with Gasteiger partial charge in [-0.15, -0.1) is 0 Å². The van der Waals surface area contributed by atoms with E-state index in [4.69, 9.17) is 0 Å². The summed E-state index contributed by atoms with van der Waals surface area (Å²) in [4.78, 5) is 18.4. The first-order valence-electron chi connectivity index (χ1n) is 6.28. The molecule has 4 nitrogen and oxygen atoms in total. The number of thioether (sulfide) groups is 1. The molecule has 0 bridgehead atoms. The molecule has 6 heteroatoms. The van der Waals surface area contributed by atoms with Gasteiger partial charge in [-0.3, -0.25) is 0 Å². The number of thiazole rings is 1. The van der Waals surface area contributed by atoms with Crippen molar-refractivity contribution in [1.82, 2.24) is 4.98 Å². The Kier molecular flexibility index (Phi) is 4.88. The highest BCUT2D eigenvalue weighted by Crippen LogP contribution is 2.28. The maximum absolute atomic E-state index is 11.2. The highest BCUT2D eigenvalue weighted by atomic mass is 32.2. The third-order valence-corrected chi connectivity index (χ3v) is 5.05. The van der Waals surface area contributed by atoms with Crippen molar-refractivity contribution in [2.75, 3.05) is 29.5 Å². The van der Waals surface area contributed by atoms with Crippen molar-refractivity contribution in [3.8, 4) is 0 Å². The lowest BCUT2D eigenvalue weighted by Gasteiger charge is -2.18. The predicted molar refractivity (Wildman–Crippen MR) is 77.2 cm³/mol. The average molecular weight is 286 g/mol. The van der Waals surface area contributed by atoms with Gasteiger partial charge in [0.1, 0.15) is 4.88 Å². The number of rotatable bonds is 4. The molecule has 2 heterocycles. The van der Waals surface area contributed by atoms with E-state index in [0.717, 1.165) is 48.9 Å². The number of aromatic carboxylic acids is 1. The first kappa shape index (κ1) is 13.7. The van der Waals surface area contributed by atoms with Crippen LogP contribution in [0.3, 0.4) is 0 Å². The van der Waals surface area contributed by atoms with Crippen molar-refractivity contribution >= 4 is 34.2 Å². The second-order valence-electron chi connectivity index (χ2n) is 4.28. The van der Waals surface area contributed by atoms with Crippen LogP contribution < -0.4 is 4.90 Å². The lowest BCUT2D eigenvalue weighted by atomic mass is 10.2. The van der Waals surface area contributed by atoms with Crippen LogP contribution in [0, 0.1) is 0 Å². The number of carboxylic acid groups (broad SMARTS) is 1. The minimum Gasteiger partial charge on any atom is -0.477 e. The molecule has 1 aliphatic heterocycles. The zero-order chi connectivity index (χ0) is 13.0. The Bertz CT molecular complexity index is 412. The topological polar surface area (TPSA) is 53.4 Å². The van der Waals surface area contributed by atoms with Crippen LogP contribution in [0.1, 0.15) is 35.1 Å². The maximum atomic E-state index is 11.2. The molecule has 0 amide bonds. The maximum Gasteiger partial charge on any atom is 0.347 e. The van der Waals surface area contributed by atoms with Crippen LogP contribution >= 0.6 is 23.1 Å². The van der Waals surface area contributed by atoms with Gasteiger partial charge in [-0.2, -0.15) is 11.8 Å². The van der Waals surface area contributed by atoms with E-state index in [-0.39, 0.29) is 0 Å². The van der Waals surface area contributed by atoms with Gasteiger partial charge in [0, 0.05) is 18.8 Å². The van der Waals surface area contributed by atoms with E-state index in [1.165, 1.54) is 17.1 Å². The minimum absolute atomic E-state index is 0.420. The first-order chi connectivity index (χ1) is 8.72. The van der Waals surface area contributed by atoms with Crippen molar-refractivity contribution in [2.24, 2.45) is 0 Å². The zero-order valence-corrected chi connectivity index (χ0v) is 12.1. The van der Waals surface area contributed by atoms with E-state index in [2.05, 4.69) is 9.88 Å². The molecule has 0 aromatic carbocycles. The van der Waals surface area contributed by atoms with Gasteiger partial charge in [-0.1, -0.05) is 24.7 Å². The van der Waals surface area contributed by atoms with Gasteiger partial charge in [0.05, 0.1) is 5.69 Å². The van der Waals surface area contributed by atoms with Crippen LogP contribution in [0.25, 0.3) is 0 Å². The van der Waals surface area contributed by atoms with Crippen molar-refractivity contribution in [2.45, 2.75) is 26.2 Å². The molecular formula is C12H18N2O2S2. The van der Waals surface area contributed by atoms with Gasteiger partial charge in [0.15, 0.2) is 5.13 Å². The molecule has 18 heavy (non-hydrogen) atoms. The standard InChI is InChI=1S/C12H18N2O2S2/c1-2-4-9-10(11(15)16)18-12(13-9)14-5-3-7-17-8-6-14/h2-8H2,1H3,(H,15,16). The molecule has 1 fully saturated rings. The third-order valence-electron chi connectivity index (χ3n) is 2.86. The molecule has 1 aromatic rings. The Balaban J connectivity index is 2.21. The molecule has 2 rings (SSSR count). The molecule has 1 N–H and O–H groups in total. The quantitative estimate of drug-likeness (QED) is 0.922. The van der Waals surface area contributed by atoms with E-state index in [9.17, 15) is 9.90 Å². The lowest BCUT2D eigenvalue weighted by molar-refractivity contribution is 0.0700. The molecule has 1 aliphatic rings.